The van der Waals surface area contributed by atoms with Gasteiger partial charge in [0.05, 0.1) is 7.11 Å². The number of amides is 1. The lowest BCUT2D eigenvalue weighted by atomic mass is 10.1. The van der Waals surface area contributed by atoms with Crippen LogP contribution in [0.3, 0.4) is 0 Å². The number of benzene rings is 1. The summed E-state index contributed by atoms with van der Waals surface area (Å²) >= 11 is 0. The quantitative estimate of drug-likeness (QED) is 0.798. The number of hydrogen-bond donors (Lipinski definition) is 0. The summed E-state index contributed by atoms with van der Waals surface area (Å²) in [5.41, 5.74) is 0. The molecule has 1 aliphatic heterocycles. The molecule has 1 aromatic heterocycles. The first-order valence-electron chi connectivity index (χ1n) is 8.24. The molecule has 1 fully saturated rings. The molecule has 0 radical (unpaired) electrons. The summed E-state index contributed by atoms with van der Waals surface area (Å²) in [4.78, 5) is 22.1. The Labute approximate surface area is 146 Å². The van der Waals surface area contributed by atoms with Gasteiger partial charge in [0.2, 0.25) is 5.88 Å². The molecular weight excluding hydrogens is 322 g/mol. The minimum Gasteiger partial charge on any atom is -0.484 e. The zero-order chi connectivity index (χ0) is 17.5. The van der Waals surface area contributed by atoms with Gasteiger partial charge in [0.25, 0.3) is 5.91 Å². The fraction of sp³-hybridized carbons (Fsp3) is 0.389. The molecule has 0 N–H and O–H groups in total. The topological polar surface area (TPSA) is 73.8 Å². The van der Waals surface area contributed by atoms with Crippen LogP contribution in [0.2, 0.25) is 0 Å². The average molecular weight is 343 g/mol. The fourth-order valence-corrected chi connectivity index (χ4v) is 2.64. The van der Waals surface area contributed by atoms with E-state index in [1.165, 1.54) is 7.11 Å². The predicted molar refractivity (Wildman–Crippen MR) is 90.8 cm³/mol. The number of piperidine rings is 1. The van der Waals surface area contributed by atoms with E-state index in [1.807, 2.05) is 35.2 Å². The van der Waals surface area contributed by atoms with Crippen molar-refractivity contribution in [3.05, 3.63) is 42.6 Å². The molecule has 3 rings (SSSR count). The lowest BCUT2D eigenvalue weighted by molar-refractivity contribution is -0.135. The van der Waals surface area contributed by atoms with Gasteiger partial charge in [-0.15, -0.1) is 0 Å². The SMILES string of the molecule is COc1nccc(OC2CCN(C(=O)COc3ccccc3)CC2)n1. The van der Waals surface area contributed by atoms with Crippen LogP contribution < -0.4 is 14.2 Å². The van der Waals surface area contributed by atoms with Gasteiger partial charge in [-0.3, -0.25) is 4.79 Å². The monoisotopic (exact) mass is 343 g/mol. The van der Waals surface area contributed by atoms with Crippen molar-refractivity contribution in [1.82, 2.24) is 14.9 Å². The first-order chi connectivity index (χ1) is 12.2. The van der Waals surface area contributed by atoms with Crippen LogP contribution in [0.15, 0.2) is 42.6 Å². The van der Waals surface area contributed by atoms with Gasteiger partial charge in [-0.1, -0.05) is 18.2 Å². The Hall–Kier alpha value is -2.83. The van der Waals surface area contributed by atoms with Crippen molar-refractivity contribution in [1.29, 1.82) is 0 Å². The maximum atomic E-state index is 12.2. The first kappa shape index (κ1) is 17.0. The highest BCUT2D eigenvalue weighted by molar-refractivity contribution is 5.77. The summed E-state index contributed by atoms with van der Waals surface area (Å²) in [6, 6.07) is 11.3. The molecule has 0 bridgehead atoms. The molecule has 0 saturated carbocycles. The van der Waals surface area contributed by atoms with Gasteiger partial charge < -0.3 is 19.1 Å². The molecule has 7 heteroatoms. The standard InChI is InChI=1S/C18H21N3O4/c1-23-18-19-10-7-16(20-18)25-15-8-11-21(12-9-15)17(22)13-24-14-5-3-2-4-6-14/h2-7,10,15H,8-9,11-13H2,1H3. The summed E-state index contributed by atoms with van der Waals surface area (Å²) in [7, 11) is 1.51. The van der Waals surface area contributed by atoms with Crippen molar-refractivity contribution in [2.75, 3.05) is 26.8 Å². The summed E-state index contributed by atoms with van der Waals surface area (Å²) in [6.45, 7) is 1.34. The Kier molecular flexibility index (Phi) is 5.66. The third-order valence-electron chi connectivity index (χ3n) is 3.98. The van der Waals surface area contributed by atoms with Gasteiger partial charge in [-0.25, -0.2) is 4.98 Å². The van der Waals surface area contributed by atoms with Crippen LogP contribution in [0.4, 0.5) is 0 Å². The van der Waals surface area contributed by atoms with Crippen molar-refractivity contribution in [3.8, 4) is 17.6 Å². The molecule has 1 saturated heterocycles. The molecule has 2 aromatic rings. The van der Waals surface area contributed by atoms with Crippen molar-refractivity contribution in [3.63, 3.8) is 0 Å². The summed E-state index contributed by atoms with van der Waals surface area (Å²) in [6.07, 6.45) is 3.13. The maximum Gasteiger partial charge on any atom is 0.319 e. The summed E-state index contributed by atoms with van der Waals surface area (Å²) < 4.78 is 16.4. The van der Waals surface area contributed by atoms with Gasteiger partial charge in [-0.2, -0.15) is 4.98 Å². The molecule has 2 heterocycles. The van der Waals surface area contributed by atoms with Crippen molar-refractivity contribution in [2.24, 2.45) is 0 Å². The van der Waals surface area contributed by atoms with Crippen LogP contribution in [0.1, 0.15) is 12.8 Å². The number of rotatable bonds is 6. The van der Waals surface area contributed by atoms with E-state index < -0.39 is 0 Å². The van der Waals surface area contributed by atoms with E-state index in [1.54, 1.807) is 12.3 Å². The number of methoxy groups -OCH3 is 1. The highest BCUT2D eigenvalue weighted by atomic mass is 16.5. The van der Waals surface area contributed by atoms with Crippen molar-refractivity contribution >= 4 is 5.91 Å². The molecule has 0 atom stereocenters. The number of carbonyl (C=O) groups is 1. The molecule has 0 unspecified atom stereocenters. The molecule has 1 aromatic carbocycles. The van der Waals surface area contributed by atoms with Crippen LogP contribution in [-0.2, 0) is 4.79 Å². The minimum atomic E-state index is -0.00833. The van der Waals surface area contributed by atoms with E-state index in [0.717, 1.165) is 12.8 Å². The number of ether oxygens (including phenoxy) is 3. The van der Waals surface area contributed by atoms with Gasteiger partial charge in [0.1, 0.15) is 11.9 Å². The highest BCUT2D eigenvalue weighted by Gasteiger charge is 2.24. The average Bonchev–Trinajstić information content (AvgIpc) is 2.67. The lowest BCUT2D eigenvalue weighted by Crippen LogP contribution is -2.43. The van der Waals surface area contributed by atoms with Crippen LogP contribution in [0, 0.1) is 0 Å². The van der Waals surface area contributed by atoms with E-state index in [0.29, 0.717) is 24.7 Å². The van der Waals surface area contributed by atoms with Crippen LogP contribution in [-0.4, -0.2) is 53.7 Å². The lowest BCUT2D eigenvalue weighted by Gasteiger charge is -2.31. The molecule has 0 spiro atoms. The fourth-order valence-electron chi connectivity index (χ4n) is 2.64. The Balaban J connectivity index is 1.44. The highest BCUT2D eigenvalue weighted by Crippen LogP contribution is 2.18. The number of carbonyl (C=O) groups excluding carboxylic acids is 1. The van der Waals surface area contributed by atoms with Crippen molar-refractivity contribution < 1.29 is 19.0 Å². The van der Waals surface area contributed by atoms with E-state index in [4.69, 9.17) is 14.2 Å². The second-order valence-electron chi connectivity index (χ2n) is 5.68. The maximum absolute atomic E-state index is 12.2. The molecule has 25 heavy (non-hydrogen) atoms. The van der Waals surface area contributed by atoms with Crippen LogP contribution >= 0.6 is 0 Å². The molecule has 1 amide bonds. The predicted octanol–water partition coefficient (Wildman–Crippen LogP) is 1.93. The number of likely N-dealkylation sites (tertiary alicyclic amines) is 1. The van der Waals surface area contributed by atoms with Crippen LogP contribution in [0.25, 0.3) is 0 Å². The van der Waals surface area contributed by atoms with Gasteiger partial charge >= 0.3 is 6.01 Å². The molecular formula is C18H21N3O4. The number of para-hydroxylation sites is 1. The third-order valence-corrected chi connectivity index (χ3v) is 3.98. The normalized spacial score (nSPS) is 14.8. The van der Waals surface area contributed by atoms with E-state index in [-0.39, 0.29) is 24.6 Å². The molecule has 7 nitrogen and oxygen atoms in total. The zero-order valence-corrected chi connectivity index (χ0v) is 14.1. The van der Waals surface area contributed by atoms with Crippen LogP contribution in [0.5, 0.6) is 17.6 Å². The molecule has 1 aliphatic rings. The van der Waals surface area contributed by atoms with Gasteiger partial charge in [-0.05, 0) is 12.1 Å². The largest absolute Gasteiger partial charge is 0.484 e. The number of nitrogens with zero attached hydrogens (tertiary/aromatic N) is 3. The smallest absolute Gasteiger partial charge is 0.319 e. The number of aromatic nitrogens is 2. The Morgan fingerprint density at radius 1 is 1.20 bits per heavy atom. The van der Waals surface area contributed by atoms with Gasteiger partial charge in [0.15, 0.2) is 6.61 Å². The van der Waals surface area contributed by atoms with Gasteiger partial charge in [0, 0.05) is 38.2 Å². The second-order valence-corrected chi connectivity index (χ2v) is 5.68. The third kappa shape index (κ3) is 4.82. The summed E-state index contributed by atoms with van der Waals surface area (Å²) in [5, 5.41) is 0. The zero-order valence-electron chi connectivity index (χ0n) is 14.1. The van der Waals surface area contributed by atoms with E-state index >= 15 is 0 Å². The van der Waals surface area contributed by atoms with Crippen molar-refractivity contribution in [2.45, 2.75) is 18.9 Å². The Morgan fingerprint density at radius 3 is 2.68 bits per heavy atom. The minimum absolute atomic E-state index is 0.00833. The van der Waals surface area contributed by atoms with E-state index in [9.17, 15) is 4.79 Å². The first-order valence-corrected chi connectivity index (χ1v) is 8.24. The number of hydrogen-bond acceptors (Lipinski definition) is 6. The molecule has 132 valence electrons. The van der Waals surface area contributed by atoms with E-state index in [2.05, 4.69) is 9.97 Å². The Bertz CT molecular complexity index is 688. The Morgan fingerprint density at radius 2 is 1.96 bits per heavy atom. The second kappa shape index (κ2) is 8.32. The molecule has 0 aliphatic carbocycles. The summed E-state index contributed by atoms with van der Waals surface area (Å²) in [5.74, 6) is 1.18.